The molecule has 1 aliphatic heterocycles. The average Bonchev–Trinajstić information content (AvgIpc) is 2.68. The summed E-state index contributed by atoms with van der Waals surface area (Å²) in [5.74, 6) is -0.487. The first kappa shape index (κ1) is 17.1. The van der Waals surface area contributed by atoms with Crippen molar-refractivity contribution < 1.29 is 8.78 Å². The van der Waals surface area contributed by atoms with Crippen LogP contribution in [0.1, 0.15) is 31.2 Å². The third-order valence-corrected chi connectivity index (χ3v) is 3.35. The zero-order chi connectivity index (χ0) is 13.7. The second kappa shape index (κ2) is 8.39. The lowest BCUT2D eigenvalue weighted by molar-refractivity contribution is 0.428. The van der Waals surface area contributed by atoms with Crippen LogP contribution in [0.4, 0.5) is 8.78 Å². The standard InChI is InChI=1S/C14H19F2N3.HI/c15-12-5-6-13(16)11(9-12)10-18-14(17)19-7-3-1-2-4-8-19;/h5-6,9H,1-4,7-8,10H2,(H2,17,18);1H. The number of guanidine groups is 1. The summed E-state index contributed by atoms with van der Waals surface area (Å²) in [6.07, 6.45) is 4.62. The van der Waals surface area contributed by atoms with Gasteiger partial charge in [-0.3, -0.25) is 0 Å². The van der Waals surface area contributed by atoms with Crippen molar-refractivity contribution in [3.63, 3.8) is 0 Å². The molecule has 1 fully saturated rings. The Morgan fingerprint density at radius 2 is 1.80 bits per heavy atom. The second-order valence-corrected chi connectivity index (χ2v) is 4.81. The molecule has 0 saturated carbocycles. The molecule has 0 unspecified atom stereocenters. The molecule has 1 aromatic rings. The van der Waals surface area contributed by atoms with E-state index >= 15 is 0 Å². The van der Waals surface area contributed by atoms with E-state index in [1.165, 1.54) is 12.8 Å². The third kappa shape index (κ3) is 4.88. The molecule has 3 nitrogen and oxygen atoms in total. The van der Waals surface area contributed by atoms with Gasteiger partial charge in [-0.25, -0.2) is 13.8 Å². The van der Waals surface area contributed by atoms with Gasteiger partial charge in [-0.05, 0) is 31.0 Å². The molecule has 0 aromatic heterocycles. The van der Waals surface area contributed by atoms with E-state index in [4.69, 9.17) is 5.73 Å². The topological polar surface area (TPSA) is 41.6 Å². The van der Waals surface area contributed by atoms with Crippen LogP contribution in [0.15, 0.2) is 23.2 Å². The lowest BCUT2D eigenvalue weighted by Gasteiger charge is -2.21. The molecular formula is C14H20F2IN3. The van der Waals surface area contributed by atoms with Crippen molar-refractivity contribution in [1.82, 2.24) is 4.90 Å². The van der Waals surface area contributed by atoms with Crippen LogP contribution >= 0.6 is 24.0 Å². The number of hydrogen-bond acceptors (Lipinski definition) is 1. The Kier molecular flexibility index (Phi) is 7.18. The van der Waals surface area contributed by atoms with E-state index in [0.29, 0.717) is 5.96 Å². The highest BCUT2D eigenvalue weighted by atomic mass is 127. The molecule has 0 spiro atoms. The van der Waals surface area contributed by atoms with Crippen molar-refractivity contribution in [2.24, 2.45) is 10.7 Å². The molecule has 6 heteroatoms. The molecule has 2 N–H and O–H groups in total. The van der Waals surface area contributed by atoms with Crippen molar-refractivity contribution in [3.05, 3.63) is 35.4 Å². The van der Waals surface area contributed by atoms with Crippen molar-refractivity contribution in [2.75, 3.05) is 13.1 Å². The monoisotopic (exact) mass is 395 g/mol. The maximum absolute atomic E-state index is 13.4. The molecule has 0 bridgehead atoms. The number of likely N-dealkylation sites (tertiary alicyclic amines) is 1. The molecule has 0 radical (unpaired) electrons. The quantitative estimate of drug-likeness (QED) is 0.475. The predicted octanol–water partition coefficient (Wildman–Crippen LogP) is 3.27. The smallest absolute Gasteiger partial charge is 0.191 e. The van der Waals surface area contributed by atoms with Gasteiger partial charge in [0.25, 0.3) is 0 Å². The van der Waals surface area contributed by atoms with Gasteiger partial charge in [0.15, 0.2) is 5.96 Å². The van der Waals surface area contributed by atoms with Crippen molar-refractivity contribution in [2.45, 2.75) is 32.2 Å². The summed E-state index contributed by atoms with van der Waals surface area (Å²) in [5, 5.41) is 0. The molecule has 112 valence electrons. The Morgan fingerprint density at radius 3 is 2.45 bits per heavy atom. The largest absolute Gasteiger partial charge is 0.370 e. The zero-order valence-corrected chi connectivity index (χ0v) is 13.6. The van der Waals surface area contributed by atoms with Gasteiger partial charge in [-0.1, -0.05) is 12.8 Å². The van der Waals surface area contributed by atoms with Crippen LogP contribution in [0.5, 0.6) is 0 Å². The van der Waals surface area contributed by atoms with Crippen LogP contribution in [0.3, 0.4) is 0 Å². The molecule has 1 aromatic carbocycles. The SMILES string of the molecule is I.NC(=NCc1cc(F)ccc1F)N1CCCCCC1. The molecule has 20 heavy (non-hydrogen) atoms. The highest BCUT2D eigenvalue weighted by molar-refractivity contribution is 14.0. The van der Waals surface area contributed by atoms with Crippen LogP contribution in [-0.4, -0.2) is 23.9 Å². The highest BCUT2D eigenvalue weighted by Crippen LogP contribution is 2.12. The summed E-state index contributed by atoms with van der Waals surface area (Å²) in [5.41, 5.74) is 6.15. The lowest BCUT2D eigenvalue weighted by Crippen LogP contribution is -2.38. The van der Waals surface area contributed by atoms with E-state index in [1.54, 1.807) is 0 Å². The molecule has 1 saturated heterocycles. The normalized spacial score (nSPS) is 16.5. The molecule has 0 aliphatic carbocycles. The van der Waals surface area contributed by atoms with Gasteiger partial charge in [0.1, 0.15) is 11.6 Å². The van der Waals surface area contributed by atoms with Crippen molar-refractivity contribution in [3.8, 4) is 0 Å². The van der Waals surface area contributed by atoms with E-state index in [1.807, 2.05) is 4.90 Å². The predicted molar refractivity (Wildman–Crippen MR) is 87.1 cm³/mol. The first-order chi connectivity index (χ1) is 9.16. The highest BCUT2D eigenvalue weighted by Gasteiger charge is 2.11. The van der Waals surface area contributed by atoms with Gasteiger partial charge in [0.2, 0.25) is 0 Å². The van der Waals surface area contributed by atoms with E-state index in [9.17, 15) is 8.78 Å². The average molecular weight is 395 g/mol. The summed E-state index contributed by atoms with van der Waals surface area (Å²) >= 11 is 0. The Hall–Kier alpha value is -0.920. The number of nitrogens with two attached hydrogens (primary N) is 1. The summed E-state index contributed by atoms with van der Waals surface area (Å²) in [6.45, 7) is 1.86. The summed E-state index contributed by atoms with van der Waals surface area (Å²) in [7, 11) is 0. The molecule has 2 rings (SSSR count). The van der Waals surface area contributed by atoms with Crippen LogP contribution in [0.2, 0.25) is 0 Å². The van der Waals surface area contributed by atoms with E-state index < -0.39 is 11.6 Å². The maximum atomic E-state index is 13.4. The Labute approximate surface area is 135 Å². The molecule has 0 atom stereocenters. The Bertz CT molecular complexity index is 458. The third-order valence-electron chi connectivity index (χ3n) is 3.35. The summed E-state index contributed by atoms with van der Waals surface area (Å²) in [4.78, 5) is 6.19. The fourth-order valence-corrected chi connectivity index (χ4v) is 2.23. The van der Waals surface area contributed by atoms with Gasteiger partial charge in [0.05, 0.1) is 6.54 Å². The Morgan fingerprint density at radius 1 is 1.15 bits per heavy atom. The van der Waals surface area contributed by atoms with Gasteiger partial charge in [0, 0.05) is 18.7 Å². The van der Waals surface area contributed by atoms with Crippen LogP contribution in [0, 0.1) is 11.6 Å². The zero-order valence-electron chi connectivity index (χ0n) is 11.3. The number of halogens is 3. The van der Waals surface area contributed by atoms with Crippen molar-refractivity contribution in [1.29, 1.82) is 0 Å². The van der Waals surface area contributed by atoms with E-state index in [0.717, 1.165) is 44.1 Å². The first-order valence-electron chi connectivity index (χ1n) is 6.65. The maximum Gasteiger partial charge on any atom is 0.191 e. The number of benzene rings is 1. The van der Waals surface area contributed by atoms with Gasteiger partial charge in [-0.15, -0.1) is 24.0 Å². The first-order valence-corrected chi connectivity index (χ1v) is 6.65. The fraction of sp³-hybridized carbons (Fsp3) is 0.500. The van der Waals surface area contributed by atoms with E-state index in [-0.39, 0.29) is 36.1 Å². The number of rotatable bonds is 2. The number of aliphatic imine (C=N–C) groups is 1. The number of hydrogen-bond donors (Lipinski definition) is 1. The molecule has 1 heterocycles. The van der Waals surface area contributed by atoms with Crippen LogP contribution in [-0.2, 0) is 6.54 Å². The van der Waals surface area contributed by atoms with Crippen LogP contribution in [0.25, 0.3) is 0 Å². The van der Waals surface area contributed by atoms with Gasteiger partial charge < -0.3 is 10.6 Å². The minimum absolute atomic E-state index is 0. The fourth-order valence-electron chi connectivity index (χ4n) is 2.23. The minimum Gasteiger partial charge on any atom is -0.370 e. The molecule has 1 aliphatic rings. The second-order valence-electron chi connectivity index (χ2n) is 4.81. The lowest BCUT2D eigenvalue weighted by atomic mass is 10.2. The minimum atomic E-state index is -0.458. The summed E-state index contributed by atoms with van der Waals surface area (Å²) in [6, 6.07) is 3.37. The number of nitrogens with zero attached hydrogens (tertiary/aromatic N) is 2. The van der Waals surface area contributed by atoms with Gasteiger partial charge >= 0.3 is 0 Å². The summed E-state index contributed by atoms with van der Waals surface area (Å²) < 4.78 is 26.5. The Balaban J connectivity index is 0.00000200. The molecule has 0 amide bonds. The van der Waals surface area contributed by atoms with E-state index in [2.05, 4.69) is 4.99 Å². The van der Waals surface area contributed by atoms with Crippen molar-refractivity contribution >= 4 is 29.9 Å². The van der Waals surface area contributed by atoms with Gasteiger partial charge in [-0.2, -0.15) is 0 Å². The van der Waals surface area contributed by atoms with Crippen LogP contribution < -0.4 is 5.73 Å². The molecular weight excluding hydrogens is 375 g/mol.